The maximum Gasteiger partial charge on any atom is 0.194 e. The van der Waals surface area contributed by atoms with Crippen molar-refractivity contribution in [1.82, 2.24) is 4.98 Å². The second-order valence-electron chi connectivity index (χ2n) is 5.65. The lowest BCUT2D eigenvalue weighted by molar-refractivity contribution is 0.103. The standard InChI is InChI=1S/C22H15NO/c24-22(17-8-2-1-3-9-17)18-13-14-21(23-15-18)20-12-6-10-16-7-4-5-11-19(16)20/h1-15H. The van der Waals surface area contributed by atoms with E-state index in [1.807, 2.05) is 60.7 Å². The van der Waals surface area contributed by atoms with Gasteiger partial charge in [-0.15, -0.1) is 0 Å². The Kier molecular flexibility index (Phi) is 3.64. The molecule has 1 aromatic heterocycles. The Bertz CT molecular complexity index is 999. The van der Waals surface area contributed by atoms with Crippen LogP contribution in [0.5, 0.6) is 0 Å². The number of rotatable bonds is 3. The maximum absolute atomic E-state index is 12.5. The summed E-state index contributed by atoms with van der Waals surface area (Å²) in [4.78, 5) is 17.0. The van der Waals surface area contributed by atoms with Crippen LogP contribution >= 0.6 is 0 Å². The monoisotopic (exact) mass is 309 g/mol. The van der Waals surface area contributed by atoms with Gasteiger partial charge in [0.05, 0.1) is 5.69 Å². The predicted octanol–water partition coefficient (Wildman–Crippen LogP) is 5.13. The molecular weight excluding hydrogens is 294 g/mol. The van der Waals surface area contributed by atoms with Crippen LogP contribution in [0.25, 0.3) is 22.0 Å². The molecule has 0 atom stereocenters. The van der Waals surface area contributed by atoms with E-state index in [0.29, 0.717) is 11.1 Å². The van der Waals surface area contributed by atoms with E-state index < -0.39 is 0 Å². The van der Waals surface area contributed by atoms with Gasteiger partial charge in [0.15, 0.2) is 5.78 Å². The molecule has 0 bridgehead atoms. The van der Waals surface area contributed by atoms with Crippen LogP contribution < -0.4 is 0 Å². The zero-order valence-electron chi connectivity index (χ0n) is 13.0. The lowest BCUT2D eigenvalue weighted by Gasteiger charge is -2.07. The van der Waals surface area contributed by atoms with E-state index in [2.05, 4.69) is 29.2 Å². The fraction of sp³-hybridized carbons (Fsp3) is 0. The van der Waals surface area contributed by atoms with Gasteiger partial charge in [-0.3, -0.25) is 9.78 Å². The van der Waals surface area contributed by atoms with Gasteiger partial charge in [0.1, 0.15) is 0 Å². The van der Waals surface area contributed by atoms with Crippen molar-refractivity contribution >= 4 is 16.6 Å². The molecule has 0 N–H and O–H groups in total. The van der Waals surface area contributed by atoms with Crippen molar-refractivity contribution in [2.75, 3.05) is 0 Å². The molecule has 4 rings (SSSR count). The van der Waals surface area contributed by atoms with Crippen molar-refractivity contribution in [2.45, 2.75) is 0 Å². The zero-order valence-corrected chi connectivity index (χ0v) is 13.0. The van der Waals surface area contributed by atoms with Gasteiger partial charge in [-0.05, 0) is 22.9 Å². The number of benzene rings is 3. The molecule has 2 nitrogen and oxygen atoms in total. The van der Waals surface area contributed by atoms with Crippen molar-refractivity contribution in [1.29, 1.82) is 0 Å². The molecule has 3 aromatic carbocycles. The van der Waals surface area contributed by atoms with E-state index in [1.165, 1.54) is 5.39 Å². The van der Waals surface area contributed by atoms with Gasteiger partial charge in [-0.1, -0.05) is 72.8 Å². The van der Waals surface area contributed by atoms with E-state index in [4.69, 9.17) is 0 Å². The number of aromatic nitrogens is 1. The minimum atomic E-state index is -0.00688. The number of carbonyl (C=O) groups is 1. The van der Waals surface area contributed by atoms with E-state index in [9.17, 15) is 4.79 Å². The largest absolute Gasteiger partial charge is 0.289 e. The van der Waals surface area contributed by atoms with Crippen molar-refractivity contribution in [3.8, 4) is 11.3 Å². The number of hydrogen-bond acceptors (Lipinski definition) is 2. The summed E-state index contributed by atoms with van der Waals surface area (Å²) in [5, 5.41) is 2.34. The van der Waals surface area contributed by atoms with Crippen LogP contribution in [0, 0.1) is 0 Å². The van der Waals surface area contributed by atoms with Crippen LogP contribution in [0.4, 0.5) is 0 Å². The Morgan fingerprint density at radius 2 is 1.42 bits per heavy atom. The third-order valence-corrected chi connectivity index (χ3v) is 4.13. The van der Waals surface area contributed by atoms with Gasteiger partial charge in [0.2, 0.25) is 0 Å². The third kappa shape index (κ3) is 2.59. The molecule has 2 heteroatoms. The van der Waals surface area contributed by atoms with E-state index >= 15 is 0 Å². The summed E-state index contributed by atoms with van der Waals surface area (Å²) < 4.78 is 0. The normalized spacial score (nSPS) is 10.7. The van der Waals surface area contributed by atoms with Crippen molar-refractivity contribution in [2.24, 2.45) is 0 Å². The molecule has 0 spiro atoms. The Morgan fingerprint density at radius 3 is 2.21 bits per heavy atom. The number of nitrogens with zero attached hydrogens (tertiary/aromatic N) is 1. The van der Waals surface area contributed by atoms with Crippen LogP contribution in [0.1, 0.15) is 15.9 Å². The maximum atomic E-state index is 12.5. The lowest BCUT2D eigenvalue weighted by atomic mass is 10.0. The van der Waals surface area contributed by atoms with Gasteiger partial charge in [0, 0.05) is 22.9 Å². The smallest absolute Gasteiger partial charge is 0.194 e. The highest BCUT2D eigenvalue weighted by Gasteiger charge is 2.10. The molecule has 0 aliphatic heterocycles. The molecule has 0 unspecified atom stereocenters. The molecular formula is C22H15NO. The number of ketones is 1. The first kappa shape index (κ1) is 14.3. The average molecular weight is 309 g/mol. The molecule has 0 aliphatic carbocycles. The topological polar surface area (TPSA) is 30.0 Å². The highest BCUT2D eigenvalue weighted by atomic mass is 16.1. The summed E-state index contributed by atoms with van der Waals surface area (Å²) in [7, 11) is 0. The molecule has 0 radical (unpaired) electrons. The van der Waals surface area contributed by atoms with Crippen molar-refractivity contribution in [3.63, 3.8) is 0 Å². The molecule has 0 amide bonds. The van der Waals surface area contributed by atoms with Crippen LogP contribution in [-0.4, -0.2) is 10.8 Å². The molecule has 24 heavy (non-hydrogen) atoms. The molecule has 1 heterocycles. The number of hydrogen-bond donors (Lipinski definition) is 0. The lowest BCUT2D eigenvalue weighted by Crippen LogP contribution is -2.01. The Morgan fingerprint density at radius 1 is 0.667 bits per heavy atom. The van der Waals surface area contributed by atoms with E-state index in [0.717, 1.165) is 16.6 Å². The minimum Gasteiger partial charge on any atom is -0.289 e. The molecule has 0 fully saturated rings. The number of fused-ring (bicyclic) bond motifs is 1. The molecule has 114 valence electrons. The molecule has 0 aliphatic rings. The van der Waals surface area contributed by atoms with E-state index in [-0.39, 0.29) is 5.78 Å². The number of carbonyl (C=O) groups excluding carboxylic acids is 1. The summed E-state index contributed by atoms with van der Waals surface area (Å²) in [6.45, 7) is 0. The Balaban J connectivity index is 1.73. The SMILES string of the molecule is O=C(c1ccccc1)c1ccc(-c2cccc3ccccc23)nc1. The van der Waals surface area contributed by atoms with Crippen molar-refractivity contribution in [3.05, 3.63) is 102 Å². The van der Waals surface area contributed by atoms with Crippen LogP contribution in [0.2, 0.25) is 0 Å². The predicted molar refractivity (Wildman–Crippen MR) is 97.1 cm³/mol. The van der Waals surface area contributed by atoms with Gasteiger partial charge < -0.3 is 0 Å². The Labute approximate surface area is 140 Å². The van der Waals surface area contributed by atoms with Gasteiger partial charge >= 0.3 is 0 Å². The van der Waals surface area contributed by atoms with E-state index in [1.54, 1.807) is 6.20 Å². The molecule has 0 saturated heterocycles. The fourth-order valence-electron chi connectivity index (χ4n) is 2.89. The fourth-order valence-corrected chi connectivity index (χ4v) is 2.89. The van der Waals surface area contributed by atoms with Gasteiger partial charge in [0.25, 0.3) is 0 Å². The highest BCUT2D eigenvalue weighted by Crippen LogP contribution is 2.27. The second kappa shape index (κ2) is 6.09. The zero-order chi connectivity index (χ0) is 16.4. The summed E-state index contributed by atoms with van der Waals surface area (Å²) in [5.74, 6) is -0.00688. The number of pyridine rings is 1. The quantitative estimate of drug-likeness (QED) is 0.491. The molecule has 4 aromatic rings. The van der Waals surface area contributed by atoms with Crippen molar-refractivity contribution < 1.29 is 4.79 Å². The first-order valence-corrected chi connectivity index (χ1v) is 7.87. The summed E-state index contributed by atoms with van der Waals surface area (Å²) >= 11 is 0. The Hall–Kier alpha value is -3.26. The first-order chi connectivity index (χ1) is 11.8. The third-order valence-electron chi connectivity index (χ3n) is 4.13. The molecule has 0 saturated carbocycles. The van der Waals surface area contributed by atoms with Crippen LogP contribution in [-0.2, 0) is 0 Å². The first-order valence-electron chi connectivity index (χ1n) is 7.87. The van der Waals surface area contributed by atoms with Crippen LogP contribution in [0.15, 0.2) is 91.1 Å². The average Bonchev–Trinajstić information content (AvgIpc) is 2.68. The second-order valence-corrected chi connectivity index (χ2v) is 5.65. The summed E-state index contributed by atoms with van der Waals surface area (Å²) in [5.41, 5.74) is 3.23. The van der Waals surface area contributed by atoms with Crippen LogP contribution in [0.3, 0.4) is 0 Å². The minimum absolute atomic E-state index is 0.00688. The highest BCUT2D eigenvalue weighted by molar-refractivity contribution is 6.09. The summed E-state index contributed by atoms with van der Waals surface area (Å²) in [6.07, 6.45) is 1.66. The summed E-state index contributed by atoms with van der Waals surface area (Å²) in [6, 6.07) is 27.5. The van der Waals surface area contributed by atoms with Gasteiger partial charge in [-0.2, -0.15) is 0 Å². The van der Waals surface area contributed by atoms with Gasteiger partial charge in [-0.25, -0.2) is 0 Å².